The molecule has 0 saturated heterocycles. The molecule has 0 aromatic carbocycles. The van der Waals surface area contributed by atoms with E-state index in [1.54, 1.807) is 19.9 Å². The highest BCUT2D eigenvalue weighted by Gasteiger charge is 2.16. The standard InChI is InChI=1S/C13H19NO4/c1-5-8(2)14-12(15)7-17-13(16)11-6-9(3)18-10(11)4/h6,8H,5,7H2,1-4H3,(H,14,15)/t8-/m0/s1. The van der Waals surface area contributed by atoms with E-state index in [1.165, 1.54) is 0 Å². The Kier molecular flexibility index (Phi) is 4.95. The van der Waals surface area contributed by atoms with Gasteiger partial charge in [0.25, 0.3) is 5.91 Å². The molecule has 100 valence electrons. The van der Waals surface area contributed by atoms with Crippen molar-refractivity contribution in [2.45, 2.75) is 40.2 Å². The fourth-order valence-corrected chi connectivity index (χ4v) is 1.46. The lowest BCUT2D eigenvalue weighted by molar-refractivity contribution is -0.124. The maximum atomic E-state index is 11.7. The largest absolute Gasteiger partial charge is 0.466 e. The minimum atomic E-state index is -0.538. The summed E-state index contributed by atoms with van der Waals surface area (Å²) in [5.41, 5.74) is 0.365. The molecule has 0 aliphatic rings. The Morgan fingerprint density at radius 2 is 2.11 bits per heavy atom. The zero-order chi connectivity index (χ0) is 13.7. The average Bonchev–Trinajstić information content (AvgIpc) is 2.65. The number of carbonyl (C=O) groups is 2. The summed E-state index contributed by atoms with van der Waals surface area (Å²) >= 11 is 0. The summed E-state index contributed by atoms with van der Waals surface area (Å²) in [4.78, 5) is 23.1. The van der Waals surface area contributed by atoms with Gasteiger partial charge in [-0.15, -0.1) is 0 Å². The van der Waals surface area contributed by atoms with E-state index in [1.807, 2.05) is 13.8 Å². The summed E-state index contributed by atoms with van der Waals surface area (Å²) in [6.07, 6.45) is 0.833. The zero-order valence-corrected chi connectivity index (χ0v) is 11.2. The molecule has 0 aliphatic carbocycles. The number of rotatable bonds is 5. The number of nitrogens with one attached hydrogen (secondary N) is 1. The molecule has 0 spiro atoms. The van der Waals surface area contributed by atoms with Crippen LogP contribution in [0.4, 0.5) is 0 Å². The molecule has 1 amide bonds. The van der Waals surface area contributed by atoms with Gasteiger partial charge < -0.3 is 14.5 Å². The topological polar surface area (TPSA) is 68.5 Å². The smallest absolute Gasteiger partial charge is 0.342 e. The van der Waals surface area contributed by atoms with E-state index in [0.717, 1.165) is 6.42 Å². The number of ether oxygens (including phenoxy) is 1. The molecule has 1 aromatic heterocycles. The SMILES string of the molecule is CC[C@H](C)NC(=O)COC(=O)c1cc(C)oc1C. The zero-order valence-electron chi connectivity index (χ0n) is 11.2. The lowest BCUT2D eigenvalue weighted by atomic mass is 10.2. The van der Waals surface area contributed by atoms with Crippen LogP contribution >= 0.6 is 0 Å². The van der Waals surface area contributed by atoms with E-state index in [-0.39, 0.29) is 18.6 Å². The molecule has 5 heteroatoms. The van der Waals surface area contributed by atoms with Crippen LogP contribution in [0.25, 0.3) is 0 Å². The molecule has 1 atom stereocenters. The summed E-state index contributed by atoms with van der Waals surface area (Å²) in [5.74, 6) is 0.308. The third-order valence-corrected chi connectivity index (χ3v) is 2.62. The summed E-state index contributed by atoms with van der Waals surface area (Å²) in [5, 5.41) is 2.72. The van der Waals surface area contributed by atoms with Crippen molar-refractivity contribution in [3.8, 4) is 0 Å². The highest BCUT2D eigenvalue weighted by atomic mass is 16.5. The van der Waals surface area contributed by atoms with Gasteiger partial charge in [-0.1, -0.05) is 6.92 Å². The Morgan fingerprint density at radius 3 is 2.61 bits per heavy atom. The van der Waals surface area contributed by atoms with E-state index >= 15 is 0 Å². The second-order valence-electron chi connectivity index (χ2n) is 4.28. The number of hydrogen-bond acceptors (Lipinski definition) is 4. The number of hydrogen-bond donors (Lipinski definition) is 1. The van der Waals surface area contributed by atoms with Gasteiger partial charge in [-0.05, 0) is 33.3 Å². The predicted octanol–water partition coefficient (Wildman–Crippen LogP) is 1.97. The van der Waals surface area contributed by atoms with Crippen LogP contribution in [0.2, 0.25) is 0 Å². The van der Waals surface area contributed by atoms with Gasteiger partial charge in [0.1, 0.15) is 17.1 Å². The molecule has 1 rings (SSSR count). The van der Waals surface area contributed by atoms with E-state index in [4.69, 9.17) is 9.15 Å². The fourth-order valence-electron chi connectivity index (χ4n) is 1.46. The van der Waals surface area contributed by atoms with Crippen molar-refractivity contribution >= 4 is 11.9 Å². The van der Waals surface area contributed by atoms with Crippen molar-refractivity contribution in [3.05, 3.63) is 23.2 Å². The van der Waals surface area contributed by atoms with Crippen molar-refractivity contribution in [2.75, 3.05) is 6.61 Å². The van der Waals surface area contributed by atoms with Crippen LogP contribution in [0.3, 0.4) is 0 Å². The molecule has 5 nitrogen and oxygen atoms in total. The van der Waals surface area contributed by atoms with Crippen LogP contribution in [0.5, 0.6) is 0 Å². The van der Waals surface area contributed by atoms with Gasteiger partial charge in [0, 0.05) is 6.04 Å². The maximum Gasteiger partial charge on any atom is 0.342 e. The van der Waals surface area contributed by atoms with Crippen molar-refractivity contribution in [1.82, 2.24) is 5.32 Å². The van der Waals surface area contributed by atoms with Crippen molar-refractivity contribution in [1.29, 1.82) is 0 Å². The Bertz CT molecular complexity index is 436. The van der Waals surface area contributed by atoms with Gasteiger partial charge in [-0.25, -0.2) is 4.79 Å². The summed E-state index contributed by atoms with van der Waals surface area (Å²) in [7, 11) is 0. The van der Waals surface area contributed by atoms with Crippen molar-refractivity contribution in [3.63, 3.8) is 0 Å². The monoisotopic (exact) mass is 253 g/mol. The molecule has 0 radical (unpaired) electrons. The molecule has 1 N–H and O–H groups in total. The van der Waals surface area contributed by atoms with E-state index < -0.39 is 5.97 Å². The predicted molar refractivity (Wildman–Crippen MR) is 66.4 cm³/mol. The van der Waals surface area contributed by atoms with Gasteiger partial charge >= 0.3 is 5.97 Å². The number of furan rings is 1. The first-order valence-electron chi connectivity index (χ1n) is 5.97. The van der Waals surface area contributed by atoms with Crippen molar-refractivity contribution < 1.29 is 18.7 Å². The van der Waals surface area contributed by atoms with E-state index in [2.05, 4.69) is 5.32 Å². The second-order valence-corrected chi connectivity index (χ2v) is 4.28. The highest BCUT2D eigenvalue weighted by molar-refractivity contribution is 5.92. The first-order chi connectivity index (χ1) is 8.43. The Balaban J connectivity index is 2.47. The minimum absolute atomic E-state index is 0.0779. The second kappa shape index (κ2) is 6.23. The van der Waals surface area contributed by atoms with E-state index in [9.17, 15) is 9.59 Å². The molecule has 0 bridgehead atoms. The first kappa shape index (κ1) is 14.3. The maximum absolute atomic E-state index is 11.7. The van der Waals surface area contributed by atoms with Crippen LogP contribution in [-0.2, 0) is 9.53 Å². The number of carbonyl (C=O) groups excluding carboxylic acids is 2. The fraction of sp³-hybridized carbons (Fsp3) is 0.538. The van der Waals surface area contributed by atoms with Gasteiger partial charge in [-0.2, -0.15) is 0 Å². The average molecular weight is 253 g/mol. The Labute approximate surface area is 106 Å². The summed E-state index contributed by atoms with van der Waals surface area (Å²) < 4.78 is 10.1. The Morgan fingerprint density at radius 1 is 1.44 bits per heavy atom. The lowest BCUT2D eigenvalue weighted by Gasteiger charge is -2.11. The summed E-state index contributed by atoms with van der Waals surface area (Å²) in [6.45, 7) is 7.02. The van der Waals surface area contributed by atoms with Gasteiger partial charge in [-0.3, -0.25) is 4.79 Å². The molecule has 0 saturated carbocycles. The van der Waals surface area contributed by atoms with Crippen LogP contribution in [-0.4, -0.2) is 24.5 Å². The number of esters is 1. The number of amides is 1. The number of aryl methyl sites for hydroxylation is 2. The molecule has 0 aliphatic heterocycles. The highest BCUT2D eigenvalue weighted by Crippen LogP contribution is 2.14. The van der Waals surface area contributed by atoms with Gasteiger partial charge in [0.15, 0.2) is 6.61 Å². The molecule has 1 aromatic rings. The molecular formula is C13H19NO4. The molecule has 0 fully saturated rings. The van der Waals surface area contributed by atoms with E-state index in [0.29, 0.717) is 17.1 Å². The van der Waals surface area contributed by atoms with Gasteiger partial charge in [0.05, 0.1) is 0 Å². The third-order valence-electron chi connectivity index (χ3n) is 2.62. The van der Waals surface area contributed by atoms with Crippen LogP contribution in [0.1, 0.15) is 42.1 Å². The molecule has 1 heterocycles. The van der Waals surface area contributed by atoms with Crippen LogP contribution in [0, 0.1) is 13.8 Å². The third kappa shape index (κ3) is 3.91. The molecular weight excluding hydrogens is 234 g/mol. The molecule has 0 unspecified atom stereocenters. The van der Waals surface area contributed by atoms with Crippen LogP contribution in [0.15, 0.2) is 10.5 Å². The first-order valence-corrected chi connectivity index (χ1v) is 5.97. The van der Waals surface area contributed by atoms with Crippen LogP contribution < -0.4 is 5.32 Å². The normalized spacial score (nSPS) is 12.0. The van der Waals surface area contributed by atoms with Gasteiger partial charge in [0.2, 0.25) is 0 Å². The quantitative estimate of drug-likeness (QED) is 0.814. The summed E-state index contributed by atoms with van der Waals surface area (Å²) in [6, 6.07) is 1.68. The minimum Gasteiger partial charge on any atom is -0.466 e. The molecule has 18 heavy (non-hydrogen) atoms. The van der Waals surface area contributed by atoms with Crippen molar-refractivity contribution in [2.24, 2.45) is 0 Å². The lowest BCUT2D eigenvalue weighted by Crippen LogP contribution is -2.35. The Hall–Kier alpha value is -1.78.